The number of rotatable bonds is 6. The summed E-state index contributed by atoms with van der Waals surface area (Å²) in [6.45, 7) is 1.88. The summed E-state index contributed by atoms with van der Waals surface area (Å²) in [6, 6.07) is 19.7. The Labute approximate surface area is 201 Å². The van der Waals surface area contributed by atoms with Crippen LogP contribution in [0.5, 0.6) is 11.5 Å². The molecule has 4 aromatic rings. The second-order valence-electron chi connectivity index (χ2n) is 8.66. The van der Waals surface area contributed by atoms with E-state index in [1.54, 1.807) is 36.4 Å². The Morgan fingerprint density at radius 1 is 0.914 bits per heavy atom. The van der Waals surface area contributed by atoms with Crippen LogP contribution in [0, 0.1) is 18.2 Å². The monoisotopic (exact) mass is 470 g/mol. The van der Waals surface area contributed by atoms with Crippen LogP contribution in [0.1, 0.15) is 18.5 Å². The molecule has 0 atom stereocenters. The van der Waals surface area contributed by atoms with Crippen molar-refractivity contribution in [3.63, 3.8) is 0 Å². The smallest absolute Gasteiger partial charge is 0.240 e. The molecular weight excluding hydrogens is 447 g/mol. The third-order valence-electron chi connectivity index (χ3n) is 5.99. The molecule has 1 aliphatic carbocycles. The normalized spacial score (nSPS) is 13.8. The number of amides is 2. The lowest BCUT2D eigenvalue weighted by molar-refractivity contribution is -0.131. The molecule has 1 aliphatic rings. The number of carbonyl (C=O) groups is 2. The van der Waals surface area contributed by atoms with Gasteiger partial charge < -0.3 is 21.1 Å². The molecule has 0 aliphatic heterocycles. The number of nitrogens with two attached hydrogens (primary N) is 1. The number of halogens is 1. The molecule has 0 spiro atoms. The van der Waals surface area contributed by atoms with E-state index in [0.29, 0.717) is 41.4 Å². The second kappa shape index (κ2) is 8.72. The maximum absolute atomic E-state index is 13.1. The molecule has 4 N–H and O–H groups in total. The number of benzene rings is 3. The number of ether oxygens (including phenoxy) is 1. The second-order valence-corrected chi connectivity index (χ2v) is 8.66. The Morgan fingerprint density at radius 3 is 2.11 bits per heavy atom. The largest absolute Gasteiger partial charge is 0.457 e. The molecule has 0 radical (unpaired) electrons. The Bertz CT molecular complexity index is 1430. The van der Waals surface area contributed by atoms with E-state index in [-0.39, 0.29) is 5.91 Å². The molecular formula is C27H23FN4O3. The molecule has 7 nitrogen and oxygen atoms in total. The fraction of sp³-hybridized carbons (Fsp3) is 0.148. The third kappa shape index (κ3) is 4.63. The zero-order valence-corrected chi connectivity index (χ0v) is 19.0. The van der Waals surface area contributed by atoms with Crippen molar-refractivity contribution in [2.45, 2.75) is 19.8 Å². The van der Waals surface area contributed by atoms with Crippen molar-refractivity contribution in [3.05, 3.63) is 84.3 Å². The number of aromatic nitrogens is 1. The first-order valence-corrected chi connectivity index (χ1v) is 11.2. The molecule has 1 fully saturated rings. The van der Waals surface area contributed by atoms with Gasteiger partial charge in [-0.1, -0.05) is 0 Å². The molecule has 1 aromatic heterocycles. The summed E-state index contributed by atoms with van der Waals surface area (Å²) in [5.41, 5.74) is 7.92. The lowest BCUT2D eigenvalue weighted by Gasteiger charge is -2.16. The number of aryl methyl sites for hydroxylation is 1. The van der Waals surface area contributed by atoms with Gasteiger partial charge in [-0.2, -0.15) is 0 Å². The van der Waals surface area contributed by atoms with Gasteiger partial charge in [0.15, 0.2) is 0 Å². The molecule has 0 saturated heterocycles. The first kappa shape index (κ1) is 22.3. The molecule has 5 rings (SSSR count). The highest BCUT2D eigenvalue weighted by atomic mass is 19.1. The number of nitrogen functional groups attached to an aromatic ring is 1. The van der Waals surface area contributed by atoms with Crippen LogP contribution in [0.4, 0.5) is 21.5 Å². The standard InChI is InChI=1S/C27H23FN4O3/c1-16-14-24(22-11-4-18(29)15-23(22)30-16)35-21-9-7-20(8-10-21)32-26(34)27(12-13-27)25(33)31-19-5-2-17(28)3-6-19/h2-11,14-15H,12-13,29H2,1H3,(H,31,33)(H,32,34). The van der Waals surface area contributed by atoms with Gasteiger partial charge in [0.2, 0.25) is 11.8 Å². The van der Waals surface area contributed by atoms with Crippen molar-refractivity contribution in [1.29, 1.82) is 0 Å². The van der Waals surface area contributed by atoms with E-state index in [1.165, 1.54) is 24.3 Å². The van der Waals surface area contributed by atoms with Gasteiger partial charge in [0.05, 0.1) is 5.52 Å². The van der Waals surface area contributed by atoms with Crippen molar-refractivity contribution in [2.24, 2.45) is 5.41 Å². The average Bonchev–Trinajstić information content (AvgIpc) is 3.64. The Kier molecular flexibility index (Phi) is 5.56. The van der Waals surface area contributed by atoms with Gasteiger partial charge in [0, 0.05) is 34.2 Å². The highest BCUT2D eigenvalue weighted by molar-refractivity contribution is 6.16. The van der Waals surface area contributed by atoms with E-state index < -0.39 is 17.1 Å². The summed E-state index contributed by atoms with van der Waals surface area (Å²) in [5, 5.41) is 6.35. The summed E-state index contributed by atoms with van der Waals surface area (Å²) in [5.74, 6) is 0.0631. The summed E-state index contributed by atoms with van der Waals surface area (Å²) >= 11 is 0. The molecule has 176 valence electrons. The van der Waals surface area contributed by atoms with Crippen molar-refractivity contribution in [1.82, 2.24) is 4.98 Å². The molecule has 1 heterocycles. The highest BCUT2D eigenvalue weighted by Gasteiger charge is 2.56. The minimum absolute atomic E-state index is 0.376. The molecule has 8 heteroatoms. The first-order valence-electron chi connectivity index (χ1n) is 11.2. The number of fused-ring (bicyclic) bond motifs is 1. The number of anilines is 3. The minimum Gasteiger partial charge on any atom is -0.457 e. The van der Waals surface area contributed by atoms with Crippen LogP contribution in [-0.4, -0.2) is 16.8 Å². The van der Waals surface area contributed by atoms with E-state index in [4.69, 9.17) is 10.5 Å². The number of carbonyl (C=O) groups excluding carboxylic acids is 2. The van der Waals surface area contributed by atoms with Crippen LogP contribution in [0.15, 0.2) is 72.8 Å². The summed E-state index contributed by atoms with van der Waals surface area (Å²) in [4.78, 5) is 30.1. The van der Waals surface area contributed by atoms with Crippen LogP contribution < -0.4 is 21.1 Å². The van der Waals surface area contributed by atoms with Gasteiger partial charge in [0.1, 0.15) is 22.7 Å². The molecule has 0 unspecified atom stereocenters. The average molecular weight is 471 g/mol. The van der Waals surface area contributed by atoms with E-state index in [2.05, 4.69) is 15.6 Å². The maximum atomic E-state index is 13.1. The minimum atomic E-state index is -1.13. The van der Waals surface area contributed by atoms with Gasteiger partial charge in [-0.25, -0.2) is 4.39 Å². The van der Waals surface area contributed by atoms with Crippen LogP contribution in [0.3, 0.4) is 0 Å². The number of hydrogen-bond donors (Lipinski definition) is 3. The topological polar surface area (TPSA) is 106 Å². The number of nitrogens with zero attached hydrogens (tertiary/aromatic N) is 1. The quantitative estimate of drug-likeness (QED) is 0.258. The van der Waals surface area contributed by atoms with Gasteiger partial charge in [-0.15, -0.1) is 0 Å². The molecule has 0 bridgehead atoms. The van der Waals surface area contributed by atoms with Crippen molar-refractivity contribution in [2.75, 3.05) is 16.4 Å². The summed E-state index contributed by atoms with van der Waals surface area (Å²) in [7, 11) is 0. The van der Waals surface area contributed by atoms with Gasteiger partial charge in [-0.3, -0.25) is 14.6 Å². The van der Waals surface area contributed by atoms with Crippen LogP contribution in [0.25, 0.3) is 10.9 Å². The van der Waals surface area contributed by atoms with Gasteiger partial charge >= 0.3 is 0 Å². The van der Waals surface area contributed by atoms with E-state index in [1.807, 2.05) is 19.1 Å². The number of hydrogen-bond acceptors (Lipinski definition) is 5. The fourth-order valence-corrected chi connectivity index (χ4v) is 3.87. The van der Waals surface area contributed by atoms with Crippen molar-refractivity contribution >= 4 is 39.8 Å². The Balaban J connectivity index is 1.27. The predicted octanol–water partition coefficient (Wildman–Crippen LogP) is 5.41. The van der Waals surface area contributed by atoms with E-state index in [0.717, 1.165) is 16.6 Å². The van der Waals surface area contributed by atoms with Crippen molar-refractivity contribution < 1.29 is 18.7 Å². The lowest BCUT2D eigenvalue weighted by Crippen LogP contribution is -2.35. The Morgan fingerprint density at radius 2 is 1.51 bits per heavy atom. The molecule has 35 heavy (non-hydrogen) atoms. The van der Waals surface area contributed by atoms with Gasteiger partial charge in [0.25, 0.3) is 0 Å². The van der Waals surface area contributed by atoms with Crippen LogP contribution in [0.2, 0.25) is 0 Å². The summed E-state index contributed by atoms with van der Waals surface area (Å²) in [6.07, 6.45) is 0.901. The van der Waals surface area contributed by atoms with Crippen molar-refractivity contribution in [3.8, 4) is 11.5 Å². The number of nitrogens with one attached hydrogen (secondary N) is 2. The van der Waals surface area contributed by atoms with Crippen LogP contribution >= 0.6 is 0 Å². The zero-order chi connectivity index (χ0) is 24.6. The summed E-state index contributed by atoms with van der Waals surface area (Å²) < 4.78 is 19.2. The zero-order valence-electron chi connectivity index (χ0n) is 19.0. The maximum Gasteiger partial charge on any atom is 0.240 e. The van der Waals surface area contributed by atoms with E-state index >= 15 is 0 Å². The fourth-order valence-electron chi connectivity index (χ4n) is 3.87. The first-order chi connectivity index (χ1) is 16.8. The van der Waals surface area contributed by atoms with Crippen LogP contribution in [-0.2, 0) is 9.59 Å². The SMILES string of the molecule is Cc1cc(Oc2ccc(NC(=O)C3(C(=O)Nc4ccc(F)cc4)CC3)cc2)c2ccc(N)cc2n1. The van der Waals surface area contributed by atoms with E-state index in [9.17, 15) is 14.0 Å². The Hall–Kier alpha value is -4.46. The molecule has 1 saturated carbocycles. The molecule has 3 aromatic carbocycles. The third-order valence-corrected chi connectivity index (χ3v) is 5.99. The van der Waals surface area contributed by atoms with Gasteiger partial charge in [-0.05, 0) is 86.5 Å². The lowest BCUT2D eigenvalue weighted by atomic mass is 10.0. The number of pyridine rings is 1. The molecule has 2 amide bonds. The highest BCUT2D eigenvalue weighted by Crippen LogP contribution is 2.47. The predicted molar refractivity (Wildman–Crippen MR) is 133 cm³/mol.